The van der Waals surface area contributed by atoms with E-state index in [1.54, 1.807) is 21.1 Å². The Hall–Kier alpha value is -2.84. The number of rotatable bonds is 1. The second kappa shape index (κ2) is 5.11. The van der Waals surface area contributed by atoms with Crippen LogP contribution in [0.1, 0.15) is 21.7 Å². The average Bonchev–Trinajstić information content (AvgIpc) is 2.66. The molecule has 122 valence electrons. The molecule has 1 aliphatic heterocycles. The van der Waals surface area contributed by atoms with E-state index in [-0.39, 0.29) is 28.7 Å². The van der Waals surface area contributed by atoms with Crippen molar-refractivity contribution in [3.63, 3.8) is 0 Å². The number of amides is 1. The van der Waals surface area contributed by atoms with Crippen LogP contribution in [-0.2, 0) is 26.9 Å². The third kappa shape index (κ3) is 2.24. The van der Waals surface area contributed by atoms with Crippen molar-refractivity contribution in [2.75, 3.05) is 14.1 Å². The lowest BCUT2D eigenvalue weighted by molar-refractivity contribution is 0.0814. The van der Waals surface area contributed by atoms with Gasteiger partial charge >= 0.3 is 5.56 Å². The van der Waals surface area contributed by atoms with Crippen LogP contribution in [0.2, 0.25) is 0 Å². The van der Waals surface area contributed by atoms with Crippen molar-refractivity contribution < 1.29 is 9.53 Å². The molecule has 9 nitrogen and oxygen atoms in total. The van der Waals surface area contributed by atoms with Gasteiger partial charge in [-0.2, -0.15) is 5.10 Å². The van der Waals surface area contributed by atoms with Crippen LogP contribution < -0.4 is 15.9 Å². The summed E-state index contributed by atoms with van der Waals surface area (Å²) in [4.78, 5) is 38.1. The molecule has 2 aromatic heterocycles. The molecule has 1 N–H and O–H groups in total. The summed E-state index contributed by atoms with van der Waals surface area (Å²) in [5.41, 5.74) is 0.255. The Morgan fingerprint density at radius 3 is 2.57 bits per heavy atom. The van der Waals surface area contributed by atoms with Crippen molar-refractivity contribution in [2.24, 2.45) is 14.1 Å². The maximum atomic E-state index is 12.4. The summed E-state index contributed by atoms with van der Waals surface area (Å²) >= 11 is 0. The molecular formula is C14H17N5O4. The first kappa shape index (κ1) is 15.1. The molecule has 0 bridgehead atoms. The molecule has 0 radical (unpaired) electrons. The molecule has 0 saturated heterocycles. The molecule has 1 aliphatic rings. The Balaban J connectivity index is 2.22. The number of hydrogen-bond donors (Lipinski definition) is 1. The van der Waals surface area contributed by atoms with Gasteiger partial charge in [0, 0.05) is 28.2 Å². The number of ether oxygens (including phenoxy) is 1. The van der Waals surface area contributed by atoms with Crippen LogP contribution in [0.3, 0.4) is 0 Å². The third-order valence-electron chi connectivity index (χ3n) is 3.81. The van der Waals surface area contributed by atoms with E-state index >= 15 is 0 Å². The smallest absolute Gasteiger partial charge is 0.306 e. The number of H-pyrrole nitrogens is 1. The maximum absolute atomic E-state index is 12.4. The number of aryl methyl sites for hydroxylation is 3. The number of nitrogens with zero attached hydrogens (tertiary/aromatic N) is 4. The molecule has 0 aliphatic carbocycles. The number of aromatic amines is 1. The van der Waals surface area contributed by atoms with Crippen molar-refractivity contribution in [3.8, 4) is 11.5 Å². The lowest BCUT2D eigenvalue weighted by Crippen LogP contribution is -2.31. The van der Waals surface area contributed by atoms with Crippen molar-refractivity contribution in [2.45, 2.75) is 12.8 Å². The minimum Gasteiger partial charge on any atom is -0.447 e. The molecule has 0 aromatic carbocycles. The normalized spacial score (nSPS) is 12.9. The van der Waals surface area contributed by atoms with E-state index in [0.29, 0.717) is 24.1 Å². The molecule has 0 unspecified atom stereocenters. The summed E-state index contributed by atoms with van der Waals surface area (Å²) in [5, 5.41) is 6.71. The summed E-state index contributed by atoms with van der Waals surface area (Å²) in [7, 11) is 6.36. The van der Waals surface area contributed by atoms with E-state index in [1.165, 1.54) is 16.6 Å². The van der Waals surface area contributed by atoms with Gasteiger partial charge in [0.1, 0.15) is 5.69 Å². The second-order valence-electron chi connectivity index (χ2n) is 5.66. The van der Waals surface area contributed by atoms with Gasteiger partial charge in [0.25, 0.3) is 11.5 Å². The highest BCUT2D eigenvalue weighted by molar-refractivity contribution is 5.95. The molecule has 0 saturated carbocycles. The van der Waals surface area contributed by atoms with Gasteiger partial charge in [-0.3, -0.25) is 28.8 Å². The van der Waals surface area contributed by atoms with Gasteiger partial charge in [0.2, 0.25) is 5.75 Å². The Labute approximate surface area is 131 Å². The minimum atomic E-state index is -0.512. The summed E-state index contributed by atoms with van der Waals surface area (Å²) in [5.74, 6) is -0.110. The Morgan fingerprint density at radius 1 is 1.22 bits per heavy atom. The third-order valence-corrected chi connectivity index (χ3v) is 3.81. The molecule has 23 heavy (non-hydrogen) atoms. The van der Waals surface area contributed by atoms with E-state index in [4.69, 9.17) is 4.74 Å². The van der Waals surface area contributed by atoms with E-state index in [2.05, 4.69) is 10.2 Å². The first-order chi connectivity index (χ1) is 10.8. The van der Waals surface area contributed by atoms with E-state index in [9.17, 15) is 14.4 Å². The van der Waals surface area contributed by atoms with Crippen LogP contribution in [-0.4, -0.2) is 44.5 Å². The Kier molecular flexibility index (Phi) is 3.35. The molecule has 9 heteroatoms. The first-order valence-electron chi connectivity index (χ1n) is 7.08. The molecule has 0 atom stereocenters. The standard InChI is InChI=1S/C14H17N5O4/c1-17(2)14(22)9-11-8(15-18(9)3)6-5-7-10(23-11)12(20)16-19(4)13(7)21/h5-6H2,1-4H3,(H,16,20). The number of carbonyl (C=O) groups excluding carboxylic acids is 1. The molecule has 1 amide bonds. The molecular weight excluding hydrogens is 302 g/mol. The van der Waals surface area contributed by atoms with E-state index < -0.39 is 5.56 Å². The molecule has 3 rings (SSSR count). The van der Waals surface area contributed by atoms with Crippen molar-refractivity contribution in [1.82, 2.24) is 24.5 Å². The van der Waals surface area contributed by atoms with E-state index in [1.807, 2.05) is 0 Å². The molecule has 3 heterocycles. The first-order valence-corrected chi connectivity index (χ1v) is 7.08. The summed E-state index contributed by atoms with van der Waals surface area (Å²) in [6.45, 7) is 0. The zero-order chi connectivity index (χ0) is 16.9. The molecule has 0 spiro atoms. The fourth-order valence-corrected chi connectivity index (χ4v) is 2.64. The average molecular weight is 319 g/mol. The van der Waals surface area contributed by atoms with Crippen LogP contribution in [0.25, 0.3) is 0 Å². The van der Waals surface area contributed by atoms with Gasteiger partial charge < -0.3 is 9.64 Å². The van der Waals surface area contributed by atoms with Crippen molar-refractivity contribution >= 4 is 5.91 Å². The predicted molar refractivity (Wildman–Crippen MR) is 81.0 cm³/mol. The largest absolute Gasteiger partial charge is 0.447 e. The number of fused-ring (bicyclic) bond motifs is 2. The summed E-state index contributed by atoms with van der Waals surface area (Å²) in [6, 6.07) is 0. The Bertz CT molecular complexity index is 918. The fourth-order valence-electron chi connectivity index (χ4n) is 2.64. The highest BCUT2D eigenvalue weighted by Gasteiger charge is 2.30. The van der Waals surface area contributed by atoms with Gasteiger partial charge in [-0.25, -0.2) is 0 Å². The highest BCUT2D eigenvalue weighted by atomic mass is 16.5. The predicted octanol–water partition coefficient (Wildman–Crippen LogP) is -0.600. The monoisotopic (exact) mass is 319 g/mol. The van der Waals surface area contributed by atoms with Crippen LogP contribution >= 0.6 is 0 Å². The number of nitrogens with one attached hydrogen (secondary N) is 1. The number of aromatic nitrogens is 4. The quantitative estimate of drug-likeness (QED) is 0.756. The zero-order valence-electron chi connectivity index (χ0n) is 13.3. The van der Waals surface area contributed by atoms with Gasteiger partial charge in [0.05, 0.1) is 5.56 Å². The van der Waals surface area contributed by atoms with Crippen LogP contribution in [0, 0.1) is 0 Å². The number of carbonyl (C=O) groups is 1. The van der Waals surface area contributed by atoms with E-state index in [0.717, 1.165) is 4.68 Å². The van der Waals surface area contributed by atoms with Crippen LogP contribution in [0.5, 0.6) is 11.5 Å². The van der Waals surface area contributed by atoms with Gasteiger partial charge in [-0.15, -0.1) is 0 Å². The SMILES string of the molecule is CN(C)C(=O)c1c2c(nn1C)CCc1c(c(=O)[nH]n(C)c1=O)O2. The van der Waals surface area contributed by atoms with Crippen molar-refractivity contribution in [1.29, 1.82) is 0 Å². The number of hydrogen-bond acceptors (Lipinski definition) is 5. The zero-order valence-corrected chi connectivity index (χ0v) is 13.3. The molecule has 0 fully saturated rings. The Morgan fingerprint density at radius 2 is 1.91 bits per heavy atom. The van der Waals surface area contributed by atoms with Crippen LogP contribution in [0.4, 0.5) is 0 Å². The highest BCUT2D eigenvalue weighted by Crippen LogP contribution is 2.33. The summed E-state index contributed by atoms with van der Waals surface area (Å²) < 4.78 is 8.27. The lowest BCUT2D eigenvalue weighted by Gasteiger charge is -2.13. The molecule has 2 aromatic rings. The van der Waals surface area contributed by atoms with Crippen LogP contribution in [0.15, 0.2) is 9.59 Å². The topological polar surface area (TPSA) is 102 Å². The lowest BCUT2D eigenvalue weighted by atomic mass is 10.1. The van der Waals surface area contributed by atoms with Crippen molar-refractivity contribution in [3.05, 3.63) is 37.7 Å². The van der Waals surface area contributed by atoms with Gasteiger partial charge in [-0.1, -0.05) is 0 Å². The summed E-state index contributed by atoms with van der Waals surface area (Å²) in [6.07, 6.45) is 0.737. The van der Waals surface area contributed by atoms with Gasteiger partial charge in [-0.05, 0) is 12.8 Å². The van der Waals surface area contributed by atoms with Gasteiger partial charge in [0.15, 0.2) is 11.4 Å². The minimum absolute atomic E-state index is 0.0624. The second-order valence-corrected chi connectivity index (χ2v) is 5.66. The maximum Gasteiger partial charge on any atom is 0.306 e. The fraction of sp³-hybridized carbons (Fsp3) is 0.429.